The Morgan fingerprint density at radius 2 is 2.16 bits per heavy atom. The highest BCUT2D eigenvalue weighted by Gasteiger charge is 2.15. The van der Waals surface area contributed by atoms with Crippen molar-refractivity contribution in [2.75, 3.05) is 20.8 Å². The summed E-state index contributed by atoms with van der Waals surface area (Å²) in [6, 6.07) is 5.21. The monoisotopic (exact) mass is 268 g/mol. The molecule has 0 saturated carbocycles. The van der Waals surface area contributed by atoms with Gasteiger partial charge in [-0.1, -0.05) is 13.0 Å². The quantitative estimate of drug-likeness (QED) is 0.577. The molecule has 0 amide bonds. The Balaban J connectivity index is 2.74. The fourth-order valence-electron chi connectivity index (χ4n) is 1.77. The summed E-state index contributed by atoms with van der Waals surface area (Å²) >= 11 is 0. The molecule has 0 heterocycles. The van der Waals surface area contributed by atoms with Gasteiger partial charge in [-0.2, -0.15) is 0 Å². The number of hydrogen-bond acceptors (Lipinski definition) is 5. The number of nitro groups is 1. The molecule has 1 aromatic carbocycles. The van der Waals surface area contributed by atoms with E-state index >= 15 is 0 Å². The fraction of sp³-hybridized carbons (Fsp3) is 0.538. The maximum Gasteiger partial charge on any atom is 0.311 e. The molecule has 0 bridgehead atoms. The van der Waals surface area contributed by atoms with Crippen LogP contribution in [0.3, 0.4) is 0 Å². The van der Waals surface area contributed by atoms with Crippen LogP contribution in [0.2, 0.25) is 0 Å². The highest BCUT2D eigenvalue weighted by molar-refractivity contribution is 5.48. The van der Waals surface area contributed by atoms with E-state index in [4.69, 9.17) is 9.47 Å². The van der Waals surface area contributed by atoms with Gasteiger partial charge in [-0.3, -0.25) is 10.1 Å². The number of benzene rings is 1. The van der Waals surface area contributed by atoms with Crippen LogP contribution in [0, 0.1) is 10.1 Å². The van der Waals surface area contributed by atoms with E-state index in [1.807, 2.05) is 6.07 Å². The molecule has 0 aromatic heterocycles. The van der Waals surface area contributed by atoms with E-state index < -0.39 is 4.92 Å². The van der Waals surface area contributed by atoms with Crippen molar-refractivity contribution in [1.82, 2.24) is 5.32 Å². The van der Waals surface area contributed by atoms with Gasteiger partial charge in [-0.05, 0) is 18.1 Å². The van der Waals surface area contributed by atoms with Gasteiger partial charge < -0.3 is 14.8 Å². The molecule has 1 atom stereocenters. The second-order valence-electron chi connectivity index (χ2n) is 4.20. The van der Waals surface area contributed by atoms with Crippen LogP contribution in [0.4, 0.5) is 5.69 Å². The molecule has 0 aliphatic rings. The van der Waals surface area contributed by atoms with Gasteiger partial charge in [0.25, 0.3) is 0 Å². The molecule has 0 aliphatic heterocycles. The van der Waals surface area contributed by atoms with Crippen LogP contribution in [0.1, 0.15) is 18.9 Å². The first-order valence-electron chi connectivity index (χ1n) is 6.16. The van der Waals surface area contributed by atoms with E-state index in [2.05, 4.69) is 12.2 Å². The van der Waals surface area contributed by atoms with Gasteiger partial charge in [0.15, 0.2) is 5.75 Å². The van der Waals surface area contributed by atoms with Crippen molar-refractivity contribution in [3.63, 3.8) is 0 Å². The molecule has 0 fully saturated rings. The zero-order valence-electron chi connectivity index (χ0n) is 11.5. The first kappa shape index (κ1) is 15.4. The van der Waals surface area contributed by atoms with E-state index in [-0.39, 0.29) is 17.5 Å². The van der Waals surface area contributed by atoms with Gasteiger partial charge in [0.1, 0.15) is 0 Å². The summed E-state index contributed by atoms with van der Waals surface area (Å²) in [7, 11) is 3.08. The summed E-state index contributed by atoms with van der Waals surface area (Å²) in [5, 5.41) is 14.2. The number of ether oxygens (including phenoxy) is 2. The fourth-order valence-corrected chi connectivity index (χ4v) is 1.77. The zero-order chi connectivity index (χ0) is 14.3. The average Bonchev–Trinajstić information content (AvgIpc) is 2.43. The van der Waals surface area contributed by atoms with E-state index in [0.717, 1.165) is 12.0 Å². The smallest absolute Gasteiger partial charge is 0.311 e. The van der Waals surface area contributed by atoms with E-state index in [0.29, 0.717) is 13.2 Å². The molecule has 0 spiro atoms. The predicted octanol–water partition coefficient (Wildman–Crippen LogP) is 2.12. The number of nitrogens with one attached hydrogen (secondary N) is 1. The third-order valence-electron chi connectivity index (χ3n) is 2.90. The van der Waals surface area contributed by atoms with Gasteiger partial charge in [-0.25, -0.2) is 0 Å². The Morgan fingerprint density at radius 1 is 1.42 bits per heavy atom. The van der Waals surface area contributed by atoms with E-state index in [9.17, 15) is 10.1 Å². The first-order valence-corrected chi connectivity index (χ1v) is 6.16. The molecule has 1 aromatic rings. The highest BCUT2D eigenvalue weighted by Crippen LogP contribution is 2.27. The van der Waals surface area contributed by atoms with Crippen molar-refractivity contribution < 1.29 is 14.4 Å². The molecular formula is C13H20N2O4. The third-order valence-corrected chi connectivity index (χ3v) is 2.90. The lowest BCUT2D eigenvalue weighted by Crippen LogP contribution is -2.32. The predicted molar refractivity (Wildman–Crippen MR) is 72.4 cm³/mol. The van der Waals surface area contributed by atoms with Crippen LogP contribution in [0.25, 0.3) is 0 Å². The Labute approximate surface area is 112 Å². The number of methoxy groups -OCH3 is 2. The molecule has 0 radical (unpaired) electrons. The standard InChI is InChI=1S/C13H20N2O4/c1-4-11(9-18-2)14-8-10-5-6-13(19-3)12(7-10)15(16)17/h5-7,11,14H,4,8-9H2,1-3H3. The minimum Gasteiger partial charge on any atom is -0.490 e. The van der Waals surface area contributed by atoms with Gasteiger partial charge in [0, 0.05) is 25.8 Å². The largest absolute Gasteiger partial charge is 0.490 e. The molecular weight excluding hydrogens is 248 g/mol. The van der Waals surface area contributed by atoms with Gasteiger partial charge in [0.2, 0.25) is 0 Å². The summed E-state index contributed by atoms with van der Waals surface area (Å²) in [4.78, 5) is 10.5. The Morgan fingerprint density at radius 3 is 2.68 bits per heavy atom. The zero-order valence-corrected chi connectivity index (χ0v) is 11.5. The van der Waals surface area contributed by atoms with Gasteiger partial charge in [-0.15, -0.1) is 0 Å². The lowest BCUT2D eigenvalue weighted by atomic mass is 10.1. The molecule has 6 heteroatoms. The molecule has 0 saturated heterocycles. The lowest BCUT2D eigenvalue weighted by molar-refractivity contribution is -0.385. The van der Waals surface area contributed by atoms with Crippen molar-refractivity contribution >= 4 is 5.69 Å². The van der Waals surface area contributed by atoms with Crippen LogP contribution in [0.15, 0.2) is 18.2 Å². The maximum absolute atomic E-state index is 10.9. The Bertz CT molecular complexity index is 423. The second-order valence-corrected chi connectivity index (χ2v) is 4.20. The number of nitrogens with zero attached hydrogens (tertiary/aromatic N) is 1. The van der Waals surface area contributed by atoms with Crippen molar-refractivity contribution in [3.8, 4) is 5.75 Å². The van der Waals surface area contributed by atoms with Crippen molar-refractivity contribution in [2.24, 2.45) is 0 Å². The second kappa shape index (κ2) is 7.70. The summed E-state index contributed by atoms with van der Waals surface area (Å²) < 4.78 is 10.1. The van der Waals surface area contributed by atoms with Crippen LogP contribution in [-0.4, -0.2) is 31.8 Å². The SMILES string of the molecule is CCC(COC)NCc1ccc(OC)c([N+](=O)[O-])c1. The molecule has 1 N–H and O–H groups in total. The number of hydrogen-bond donors (Lipinski definition) is 1. The van der Waals surface area contributed by atoms with Crippen LogP contribution < -0.4 is 10.1 Å². The average molecular weight is 268 g/mol. The molecule has 106 valence electrons. The van der Waals surface area contributed by atoms with Crippen molar-refractivity contribution in [2.45, 2.75) is 25.9 Å². The first-order chi connectivity index (χ1) is 9.12. The van der Waals surface area contributed by atoms with E-state index in [1.165, 1.54) is 13.2 Å². The van der Waals surface area contributed by atoms with E-state index in [1.54, 1.807) is 13.2 Å². The molecule has 6 nitrogen and oxygen atoms in total. The van der Waals surface area contributed by atoms with Crippen LogP contribution in [-0.2, 0) is 11.3 Å². The minimum absolute atomic E-state index is 0.0124. The Hall–Kier alpha value is -1.66. The highest BCUT2D eigenvalue weighted by atomic mass is 16.6. The van der Waals surface area contributed by atoms with Crippen molar-refractivity contribution in [1.29, 1.82) is 0 Å². The normalized spacial score (nSPS) is 12.2. The van der Waals surface area contributed by atoms with Crippen molar-refractivity contribution in [3.05, 3.63) is 33.9 Å². The summed E-state index contributed by atoms with van der Waals surface area (Å²) in [5.74, 6) is 0.276. The topological polar surface area (TPSA) is 73.6 Å². The van der Waals surface area contributed by atoms with Gasteiger partial charge in [0.05, 0.1) is 18.6 Å². The third kappa shape index (κ3) is 4.50. The maximum atomic E-state index is 10.9. The molecule has 1 unspecified atom stereocenters. The molecule has 0 aliphatic carbocycles. The molecule has 19 heavy (non-hydrogen) atoms. The van der Waals surface area contributed by atoms with Crippen LogP contribution in [0.5, 0.6) is 5.75 Å². The summed E-state index contributed by atoms with van der Waals surface area (Å²) in [6.45, 7) is 3.24. The van der Waals surface area contributed by atoms with Gasteiger partial charge >= 0.3 is 5.69 Å². The summed E-state index contributed by atoms with van der Waals surface area (Å²) in [5.41, 5.74) is 0.837. The minimum atomic E-state index is -0.436. The lowest BCUT2D eigenvalue weighted by Gasteiger charge is -2.16. The molecule has 1 rings (SSSR count). The van der Waals surface area contributed by atoms with Crippen LogP contribution >= 0.6 is 0 Å². The Kier molecular flexibility index (Phi) is 6.24. The summed E-state index contributed by atoms with van der Waals surface area (Å²) in [6.07, 6.45) is 0.937. The number of rotatable bonds is 8. The number of nitro benzene ring substituents is 1.